The lowest BCUT2D eigenvalue weighted by Gasteiger charge is -2.09. The summed E-state index contributed by atoms with van der Waals surface area (Å²) in [5, 5.41) is 18.0. The van der Waals surface area contributed by atoms with Crippen molar-refractivity contribution in [2.24, 2.45) is 5.73 Å². The van der Waals surface area contributed by atoms with Crippen LogP contribution >= 0.6 is 0 Å². The van der Waals surface area contributed by atoms with Crippen LogP contribution < -0.4 is 5.73 Å². The Morgan fingerprint density at radius 1 is 1.50 bits per heavy atom. The van der Waals surface area contributed by atoms with E-state index >= 15 is 0 Å². The van der Waals surface area contributed by atoms with E-state index in [0.29, 0.717) is 0 Å². The zero-order valence-electron chi connectivity index (χ0n) is 6.99. The standard InChI is InChI=1S/C9H13NO2/c1-6-2-3-7(4-9(6)12)8(10)5-11/h2-4,8,11-12H,5,10H2,1H3/t8-/m0/s1. The third kappa shape index (κ3) is 1.75. The van der Waals surface area contributed by atoms with Gasteiger partial charge in [-0.15, -0.1) is 0 Å². The van der Waals surface area contributed by atoms with Gasteiger partial charge in [-0.25, -0.2) is 0 Å². The summed E-state index contributed by atoms with van der Waals surface area (Å²) in [6.07, 6.45) is 0. The summed E-state index contributed by atoms with van der Waals surface area (Å²) < 4.78 is 0. The van der Waals surface area contributed by atoms with E-state index in [-0.39, 0.29) is 12.4 Å². The Balaban J connectivity index is 2.96. The molecule has 0 unspecified atom stereocenters. The Bertz CT molecular complexity index is 273. The third-order valence-corrected chi connectivity index (χ3v) is 1.86. The molecule has 0 fully saturated rings. The number of phenolic OH excluding ortho intramolecular Hbond substituents is 1. The largest absolute Gasteiger partial charge is 0.508 e. The highest BCUT2D eigenvalue weighted by Crippen LogP contribution is 2.20. The van der Waals surface area contributed by atoms with Crippen LogP contribution in [0.15, 0.2) is 18.2 Å². The number of hydrogen-bond acceptors (Lipinski definition) is 3. The molecule has 66 valence electrons. The molecule has 4 N–H and O–H groups in total. The summed E-state index contributed by atoms with van der Waals surface area (Å²) in [5.74, 6) is 0.219. The molecule has 12 heavy (non-hydrogen) atoms. The van der Waals surface area contributed by atoms with E-state index in [2.05, 4.69) is 0 Å². The predicted molar refractivity (Wildman–Crippen MR) is 46.9 cm³/mol. The molecule has 0 aliphatic rings. The molecule has 0 saturated heterocycles. The van der Waals surface area contributed by atoms with Gasteiger partial charge in [0.05, 0.1) is 12.6 Å². The van der Waals surface area contributed by atoms with Gasteiger partial charge in [-0.2, -0.15) is 0 Å². The topological polar surface area (TPSA) is 66.5 Å². The van der Waals surface area contributed by atoms with Crippen LogP contribution in [0.25, 0.3) is 0 Å². The summed E-state index contributed by atoms with van der Waals surface area (Å²) in [7, 11) is 0. The second-order valence-electron chi connectivity index (χ2n) is 2.83. The van der Waals surface area contributed by atoms with Crippen molar-refractivity contribution in [3.63, 3.8) is 0 Å². The molecular weight excluding hydrogens is 154 g/mol. The molecule has 0 aliphatic heterocycles. The maximum Gasteiger partial charge on any atom is 0.118 e. The van der Waals surface area contributed by atoms with Gasteiger partial charge in [-0.3, -0.25) is 0 Å². The first-order valence-electron chi connectivity index (χ1n) is 3.81. The van der Waals surface area contributed by atoms with Crippen molar-refractivity contribution < 1.29 is 10.2 Å². The molecule has 1 atom stereocenters. The van der Waals surface area contributed by atoms with E-state index in [0.717, 1.165) is 11.1 Å². The van der Waals surface area contributed by atoms with Crippen molar-refractivity contribution >= 4 is 0 Å². The highest BCUT2D eigenvalue weighted by Gasteiger charge is 2.05. The first-order valence-corrected chi connectivity index (χ1v) is 3.81. The number of aliphatic hydroxyl groups excluding tert-OH is 1. The Kier molecular flexibility index (Phi) is 2.68. The highest BCUT2D eigenvalue weighted by atomic mass is 16.3. The molecule has 0 heterocycles. The Labute approximate surface area is 71.5 Å². The van der Waals surface area contributed by atoms with Crippen molar-refractivity contribution in [2.75, 3.05) is 6.61 Å². The molecule has 0 radical (unpaired) electrons. The van der Waals surface area contributed by atoms with Crippen LogP contribution in [0, 0.1) is 6.92 Å². The van der Waals surface area contributed by atoms with Crippen LogP contribution in [0.2, 0.25) is 0 Å². The number of hydrogen-bond donors (Lipinski definition) is 3. The molecule has 1 aromatic rings. The summed E-state index contributed by atoms with van der Waals surface area (Å²) >= 11 is 0. The molecule has 0 saturated carbocycles. The number of aryl methyl sites for hydroxylation is 1. The zero-order valence-corrected chi connectivity index (χ0v) is 6.99. The van der Waals surface area contributed by atoms with Crippen molar-refractivity contribution in [3.05, 3.63) is 29.3 Å². The summed E-state index contributed by atoms with van der Waals surface area (Å²) in [4.78, 5) is 0. The van der Waals surface area contributed by atoms with E-state index < -0.39 is 6.04 Å². The summed E-state index contributed by atoms with van der Waals surface area (Å²) in [5.41, 5.74) is 7.11. The minimum atomic E-state index is -0.406. The molecule has 1 aromatic carbocycles. The smallest absolute Gasteiger partial charge is 0.118 e. The third-order valence-electron chi connectivity index (χ3n) is 1.86. The van der Waals surface area contributed by atoms with Crippen LogP contribution in [0.1, 0.15) is 17.2 Å². The second kappa shape index (κ2) is 3.56. The van der Waals surface area contributed by atoms with E-state index in [9.17, 15) is 5.11 Å². The monoisotopic (exact) mass is 167 g/mol. The fourth-order valence-corrected chi connectivity index (χ4v) is 0.962. The zero-order chi connectivity index (χ0) is 9.14. The average molecular weight is 167 g/mol. The summed E-state index contributed by atoms with van der Waals surface area (Å²) in [6, 6.07) is 4.75. The fraction of sp³-hybridized carbons (Fsp3) is 0.333. The minimum absolute atomic E-state index is 0.109. The van der Waals surface area contributed by atoms with Gasteiger partial charge in [0.1, 0.15) is 5.75 Å². The molecule has 3 nitrogen and oxygen atoms in total. The molecule has 0 aliphatic carbocycles. The van der Waals surface area contributed by atoms with Crippen LogP contribution in [-0.4, -0.2) is 16.8 Å². The lowest BCUT2D eigenvalue weighted by atomic mass is 10.1. The van der Waals surface area contributed by atoms with Gasteiger partial charge in [-0.1, -0.05) is 12.1 Å². The van der Waals surface area contributed by atoms with Crippen molar-refractivity contribution in [1.82, 2.24) is 0 Å². The number of aliphatic hydroxyl groups is 1. The SMILES string of the molecule is Cc1ccc([C@@H](N)CO)cc1O. The number of nitrogens with two attached hydrogens (primary N) is 1. The number of aromatic hydroxyl groups is 1. The van der Waals surface area contributed by atoms with Gasteiger partial charge in [0.2, 0.25) is 0 Å². The second-order valence-corrected chi connectivity index (χ2v) is 2.83. The van der Waals surface area contributed by atoms with E-state index in [1.807, 2.05) is 6.92 Å². The molecule has 0 bridgehead atoms. The minimum Gasteiger partial charge on any atom is -0.508 e. The van der Waals surface area contributed by atoms with Gasteiger partial charge in [-0.05, 0) is 24.1 Å². The van der Waals surface area contributed by atoms with E-state index in [1.165, 1.54) is 0 Å². The van der Waals surface area contributed by atoms with Crippen LogP contribution in [-0.2, 0) is 0 Å². The molecule has 0 amide bonds. The van der Waals surface area contributed by atoms with Crippen molar-refractivity contribution in [3.8, 4) is 5.75 Å². The van der Waals surface area contributed by atoms with Gasteiger partial charge < -0.3 is 15.9 Å². The van der Waals surface area contributed by atoms with Crippen molar-refractivity contribution in [2.45, 2.75) is 13.0 Å². The Morgan fingerprint density at radius 2 is 2.17 bits per heavy atom. The van der Waals surface area contributed by atoms with Crippen molar-refractivity contribution in [1.29, 1.82) is 0 Å². The van der Waals surface area contributed by atoms with Crippen LogP contribution in [0.3, 0.4) is 0 Å². The number of phenols is 1. The van der Waals surface area contributed by atoms with Crippen LogP contribution in [0.5, 0.6) is 5.75 Å². The van der Waals surface area contributed by atoms with Gasteiger partial charge >= 0.3 is 0 Å². The predicted octanol–water partition coefficient (Wildman–Crippen LogP) is 0.693. The quantitative estimate of drug-likeness (QED) is 0.607. The molecule has 1 rings (SSSR count). The average Bonchev–Trinajstić information content (AvgIpc) is 2.08. The molecule has 0 aromatic heterocycles. The number of rotatable bonds is 2. The normalized spacial score (nSPS) is 12.9. The van der Waals surface area contributed by atoms with E-state index in [4.69, 9.17) is 10.8 Å². The molecule has 0 spiro atoms. The van der Waals surface area contributed by atoms with Gasteiger partial charge in [0.15, 0.2) is 0 Å². The first kappa shape index (κ1) is 9.03. The highest BCUT2D eigenvalue weighted by molar-refractivity contribution is 5.36. The first-order chi connectivity index (χ1) is 5.65. The molecule has 3 heteroatoms. The summed E-state index contributed by atoms with van der Waals surface area (Å²) in [6.45, 7) is 1.70. The van der Waals surface area contributed by atoms with Gasteiger partial charge in [0.25, 0.3) is 0 Å². The fourth-order valence-electron chi connectivity index (χ4n) is 0.962. The van der Waals surface area contributed by atoms with E-state index in [1.54, 1.807) is 18.2 Å². The Morgan fingerprint density at radius 3 is 2.67 bits per heavy atom. The lowest BCUT2D eigenvalue weighted by molar-refractivity contribution is 0.268. The maximum absolute atomic E-state index is 9.31. The van der Waals surface area contributed by atoms with Crippen LogP contribution in [0.4, 0.5) is 0 Å². The Hall–Kier alpha value is -1.06. The lowest BCUT2D eigenvalue weighted by Crippen LogP contribution is -2.14. The molecular formula is C9H13NO2. The van der Waals surface area contributed by atoms with Gasteiger partial charge in [0, 0.05) is 0 Å². The number of benzene rings is 1. The maximum atomic E-state index is 9.31.